The minimum Gasteiger partial charge on any atom is -0.358 e. The predicted octanol–water partition coefficient (Wildman–Crippen LogP) is 4.23. The van der Waals surface area contributed by atoms with Crippen molar-refractivity contribution in [1.29, 1.82) is 0 Å². The Morgan fingerprint density at radius 2 is 1.78 bits per heavy atom. The van der Waals surface area contributed by atoms with Crippen molar-refractivity contribution >= 4 is 20.9 Å². The summed E-state index contributed by atoms with van der Waals surface area (Å²) in [6.45, 7) is 3.32. The van der Waals surface area contributed by atoms with Crippen LogP contribution in [0.3, 0.4) is 0 Å². The second-order valence-corrected chi connectivity index (χ2v) is 9.63. The summed E-state index contributed by atoms with van der Waals surface area (Å²) in [6.07, 6.45) is 2.32. The Kier molecular flexibility index (Phi) is 5.06. The van der Waals surface area contributed by atoms with E-state index < -0.39 is 10.0 Å². The number of aromatic nitrogens is 1. The summed E-state index contributed by atoms with van der Waals surface area (Å²) in [6, 6.07) is 18.5. The van der Waals surface area contributed by atoms with Crippen LogP contribution in [0, 0.1) is 6.92 Å². The van der Waals surface area contributed by atoms with E-state index in [0.717, 1.165) is 23.9 Å². The van der Waals surface area contributed by atoms with Gasteiger partial charge in [-0.2, -0.15) is 0 Å². The zero-order valence-corrected chi connectivity index (χ0v) is 16.5. The molecule has 0 saturated carbocycles. The molecule has 4 nitrogen and oxygen atoms in total. The smallest absolute Gasteiger partial charge is 0.214 e. The fourth-order valence-electron chi connectivity index (χ4n) is 3.96. The van der Waals surface area contributed by atoms with E-state index in [-0.39, 0.29) is 5.75 Å². The molecule has 3 aromatic rings. The average Bonchev–Trinajstić information content (AvgIpc) is 3.10. The number of hydrogen-bond acceptors (Lipinski definition) is 2. The Hall–Kier alpha value is -2.11. The van der Waals surface area contributed by atoms with E-state index >= 15 is 0 Å². The highest BCUT2D eigenvalue weighted by atomic mass is 32.2. The first-order valence-electron chi connectivity index (χ1n) is 9.62. The number of benzene rings is 2. The monoisotopic (exact) mass is 382 g/mol. The summed E-state index contributed by atoms with van der Waals surface area (Å²) in [5.41, 5.74) is 4.72. The first-order valence-corrected chi connectivity index (χ1v) is 11.2. The lowest BCUT2D eigenvalue weighted by Gasteiger charge is -2.30. The number of sulfonamides is 1. The minimum absolute atomic E-state index is 0.188. The summed E-state index contributed by atoms with van der Waals surface area (Å²) >= 11 is 0. The van der Waals surface area contributed by atoms with E-state index in [1.54, 1.807) is 4.31 Å². The number of nitrogens with one attached hydrogen (secondary N) is 1. The van der Waals surface area contributed by atoms with Gasteiger partial charge in [0, 0.05) is 30.2 Å². The van der Waals surface area contributed by atoms with Gasteiger partial charge in [-0.25, -0.2) is 12.7 Å². The standard InChI is InChI=1S/C22H26N2O2S/c1-17-7-8-21-20(15-17)16-22(23-21)19-9-12-24(13-10-19)27(25,26)14-11-18-5-3-2-4-6-18/h2-8,15-16,19,23H,9-14H2,1H3. The van der Waals surface area contributed by atoms with Crippen LogP contribution in [0.15, 0.2) is 54.6 Å². The van der Waals surface area contributed by atoms with Crippen LogP contribution in [0.2, 0.25) is 0 Å². The Morgan fingerprint density at radius 3 is 2.52 bits per heavy atom. The molecule has 0 spiro atoms. The number of aromatic amines is 1. The van der Waals surface area contributed by atoms with Gasteiger partial charge in [-0.1, -0.05) is 42.0 Å². The second-order valence-electron chi connectivity index (χ2n) is 7.54. The van der Waals surface area contributed by atoms with Crippen molar-refractivity contribution in [3.63, 3.8) is 0 Å². The number of piperidine rings is 1. The number of H-pyrrole nitrogens is 1. The number of hydrogen-bond donors (Lipinski definition) is 1. The highest BCUT2D eigenvalue weighted by Crippen LogP contribution is 2.31. The van der Waals surface area contributed by atoms with Gasteiger partial charge in [0.25, 0.3) is 0 Å². The van der Waals surface area contributed by atoms with Gasteiger partial charge in [0.15, 0.2) is 0 Å². The van der Waals surface area contributed by atoms with Crippen molar-refractivity contribution in [2.24, 2.45) is 0 Å². The fourth-order valence-corrected chi connectivity index (χ4v) is 5.48. The third kappa shape index (κ3) is 4.09. The first kappa shape index (κ1) is 18.3. The molecule has 1 fully saturated rings. The molecule has 1 aliphatic rings. The molecular weight excluding hydrogens is 356 g/mol. The van der Waals surface area contributed by atoms with Crippen LogP contribution in [0.4, 0.5) is 0 Å². The molecule has 5 heteroatoms. The molecule has 0 aliphatic carbocycles. The van der Waals surface area contributed by atoms with Crippen LogP contribution in [0.5, 0.6) is 0 Å². The molecule has 4 rings (SSSR count). The van der Waals surface area contributed by atoms with Crippen molar-refractivity contribution in [2.45, 2.75) is 32.1 Å². The van der Waals surface area contributed by atoms with Gasteiger partial charge in [-0.05, 0) is 55.3 Å². The summed E-state index contributed by atoms with van der Waals surface area (Å²) in [7, 11) is -3.19. The topological polar surface area (TPSA) is 53.2 Å². The molecular formula is C22H26N2O2S. The first-order chi connectivity index (χ1) is 13.0. The highest BCUT2D eigenvalue weighted by Gasteiger charge is 2.29. The average molecular weight is 383 g/mol. The molecule has 0 radical (unpaired) electrons. The SMILES string of the molecule is Cc1ccc2[nH]c(C3CCN(S(=O)(=O)CCc4ccccc4)CC3)cc2c1. The van der Waals surface area contributed by atoms with Crippen LogP contribution in [-0.2, 0) is 16.4 Å². The van der Waals surface area contributed by atoms with E-state index in [4.69, 9.17) is 0 Å². The van der Waals surface area contributed by atoms with Gasteiger partial charge in [-0.15, -0.1) is 0 Å². The molecule has 1 N–H and O–H groups in total. The van der Waals surface area contributed by atoms with Crippen molar-refractivity contribution in [3.05, 3.63) is 71.4 Å². The maximum atomic E-state index is 12.7. The van der Waals surface area contributed by atoms with Crippen molar-refractivity contribution in [1.82, 2.24) is 9.29 Å². The van der Waals surface area contributed by atoms with Gasteiger partial charge < -0.3 is 4.98 Å². The minimum atomic E-state index is -3.19. The van der Waals surface area contributed by atoms with Crippen LogP contribution < -0.4 is 0 Å². The lowest BCUT2D eigenvalue weighted by atomic mass is 9.95. The number of rotatable bonds is 5. The second kappa shape index (κ2) is 7.49. The van der Waals surface area contributed by atoms with E-state index in [1.165, 1.54) is 16.6 Å². The van der Waals surface area contributed by atoms with Crippen LogP contribution in [0.25, 0.3) is 10.9 Å². The number of fused-ring (bicyclic) bond motifs is 1. The lowest BCUT2D eigenvalue weighted by Crippen LogP contribution is -2.39. The summed E-state index contributed by atoms with van der Waals surface area (Å²) in [4.78, 5) is 3.52. The maximum Gasteiger partial charge on any atom is 0.214 e. The van der Waals surface area contributed by atoms with Gasteiger partial charge in [0.2, 0.25) is 10.0 Å². The fraction of sp³-hybridized carbons (Fsp3) is 0.364. The Labute approximate surface area is 161 Å². The van der Waals surface area contributed by atoms with Crippen molar-refractivity contribution in [3.8, 4) is 0 Å². The van der Waals surface area contributed by atoms with Crippen LogP contribution in [0.1, 0.15) is 35.6 Å². The molecule has 1 aliphatic heterocycles. The lowest BCUT2D eigenvalue weighted by molar-refractivity contribution is 0.317. The summed E-state index contributed by atoms with van der Waals surface area (Å²) in [5.74, 6) is 0.589. The largest absolute Gasteiger partial charge is 0.358 e. The normalized spacial score (nSPS) is 16.8. The molecule has 27 heavy (non-hydrogen) atoms. The zero-order valence-electron chi connectivity index (χ0n) is 15.7. The molecule has 1 saturated heterocycles. The Morgan fingerprint density at radius 1 is 1.04 bits per heavy atom. The van der Waals surface area contributed by atoms with Gasteiger partial charge in [0.1, 0.15) is 0 Å². The molecule has 2 heterocycles. The van der Waals surface area contributed by atoms with Crippen LogP contribution >= 0.6 is 0 Å². The molecule has 142 valence electrons. The van der Waals surface area contributed by atoms with Crippen molar-refractivity contribution in [2.75, 3.05) is 18.8 Å². The Bertz CT molecular complexity index is 1020. The quantitative estimate of drug-likeness (QED) is 0.718. The summed E-state index contributed by atoms with van der Waals surface area (Å²) in [5, 5.41) is 1.24. The van der Waals surface area contributed by atoms with Gasteiger partial charge in [0.05, 0.1) is 5.75 Å². The molecule has 0 unspecified atom stereocenters. The molecule has 0 bridgehead atoms. The number of aryl methyl sites for hydroxylation is 2. The molecule has 2 aromatic carbocycles. The Balaban J connectivity index is 1.38. The van der Waals surface area contributed by atoms with Gasteiger partial charge in [-0.3, -0.25) is 0 Å². The molecule has 0 atom stereocenters. The molecule has 1 aromatic heterocycles. The maximum absolute atomic E-state index is 12.7. The highest BCUT2D eigenvalue weighted by molar-refractivity contribution is 7.89. The van der Waals surface area contributed by atoms with Crippen LogP contribution in [-0.4, -0.2) is 36.5 Å². The summed E-state index contributed by atoms with van der Waals surface area (Å²) < 4.78 is 27.1. The van der Waals surface area contributed by atoms with E-state index in [1.807, 2.05) is 30.3 Å². The van der Waals surface area contributed by atoms with E-state index in [9.17, 15) is 8.42 Å². The third-order valence-corrected chi connectivity index (χ3v) is 7.45. The third-order valence-electron chi connectivity index (χ3n) is 5.58. The van der Waals surface area contributed by atoms with Crippen molar-refractivity contribution < 1.29 is 8.42 Å². The molecule has 0 amide bonds. The van der Waals surface area contributed by atoms with E-state index in [0.29, 0.717) is 25.4 Å². The van der Waals surface area contributed by atoms with Gasteiger partial charge >= 0.3 is 0 Å². The number of nitrogens with zero attached hydrogens (tertiary/aromatic N) is 1. The zero-order chi connectivity index (χ0) is 18.9. The van der Waals surface area contributed by atoms with E-state index in [2.05, 4.69) is 36.2 Å². The predicted molar refractivity (Wildman–Crippen MR) is 111 cm³/mol.